The minimum absolute atomic E-state index is 0.111. The van der Waals surface area contributed by atoms with Crippen molar-refractivity contribution in [3.8, 4) is 5.75 Å². The van der Waals surface area contributed by atoms with Crippen molar-refractivity contribution in [1.29, 1.82) is 0 Å². The molecule has 7 nitrogen and oxygen atoms in total. The molecule has 0 amide bonds. The van der Waals surface area contributed by atoms with Crippen LogP contribution in [0.5, 0.6) is 5.75 Å². The predicted octanol–water partition coefficient (Wildman–Crippen LogP) is 2.75. The Labute approximate surface area is 179 Å². The SMILES string of the molecule is CS(=O)(=O)c1ccc(OC2CCC(OC3CCN(S(=O)(=O)C4CC4)CC3)CC2)cc1. The topological polar surface area (TPSA) is 90.0 Å². The Balaban J connectivity index is 1.19. The fourth-order valence-corrected chi connectivity index (χ4v) is 6.82. The standard InChI is InChI=1S/C21H31NO6S2/c1-29(23,24)20-8-6-18(7-9-20)27-16-2-4-17(5-3-16)28-19-12-14-22(15-13-19)30(25,26)21-10-11-21/h6-9,16-17,19,21H,2-5,10-15H2,1H3. The maximum atomic E-state index is 12.3. The number of ether oxygens (including phenoxy) is 2. The quantitative estimate of drug-likeness (QED) is 0.625. The zero-order valence-corrected chi connectivity index (χ0v) is 19.0. The van der Waals surface area contributed by atoms with Crippen molar-refractivity contribution in [3.05, 3.63) is 24.3 Å². The Bertz CT molecular complexity index is 924. The summed E-state index contributed by atoms with van der Waals surface area (Å²) >= 11 is 0. The van der Waals surface area contributed by atoms with Gasteiger partial charge in [0.25, 0.3) is 0 Å². The highest BCUT2D eigenvalue weighted by Gasteiger charge is 2.41. The molecule has 3 aliphatic rings. The van der Waals surface area contributed by atoms with Gasteiger partial charge in [0.05, 0.1) is 28.5 Å². The number of hydrogen-bond donors (Lipinski definition) is 0. The van der Waals surface area contributed by atoms with Gasteiger partial charge in [-0.05, 0) is 75.6 Å². The molecule has 0 aromatic heterocycles. The van der Waals surface area contributed by atoms with Gasteiger partial charge in [0.1, 0.15) is 5.75 Å². The summed E-state index contributed by atoms with van der Waals surface area (Å²) in [5, 5.41) is -0.132. The van der Waals surface area contributed by atoms with Gasteiger partial charge in [0, 0.05) is 19.3 Å². The molecular weight excluding hydrogens is 426 g/mol. The number of benzene rings is 1. The third kappa shape index (κ3) is 5.36. The molecule has 168 valence electrons. The summed E-state index contributed by atoms with van der Waals surface area (Å²) in [6.07, 6.45) is 8.46. The highest BCUT2D eigenvalue weighted by molar-refractivity contribution is 7.90. The monoisotopic (exact) mass is 457 g/mol. The van der Waals surface area contributed by atoms with Crippen LogP contribution in [0.15, 0.2) is 29.2 Å². The third-order valence-electron chi connectivity index (χ3n) is 6.27. The molecule has 1 aliphatic heterocycles. The van der Waals surface area contributed by atoms with Crippen LogP contribution in [0.1, 0.15) is 51.4 Å². The van der Waals surface area contributed by atoms with E-state index in [9.17, 15) is 16.8 Å². The lowest BCUT2D eigenvalue weighted by atomic mass is 9.94. The van der Waals surface area contributed by atoms with Crippen LogP contribution in [0, 0.1) is 0 Å². The molecule has 4 rings (SSSR count). The van der Waals surface area contributed by atoms with Crippen molar-refractivity contribution < 1.29 is 26.3 Å². The fourth-order valence-electron chi connectivity index (χ4n) is 4.32. The van der Waals surface area contributed by atoms with Crippen molar-refractivity contribution in [1.82, 2.24) is 4.31 Å². The highest BCUT2D eigenvalue weighted by atomic mass is 32.2. The number of piperidine rings is 1. The first kappa shape index (κ1) is 22.0. The van der Waals surface area contributed by atoms with Crippen LogP contribution in [-0.2, 0) is 24.6 Å². The number of sulfonamides is 1. The van der Waals surface area contributed by atoms with E-state index in [0.29, 0.717) is 23.7 Å². The Morgan fingerprint density at radius 2 is 1.30 bits per heavy atom. The van der Waals surface area contributed by atoms with E-state index in [1.54, 1.807) is 28.6 Å². The van der Waals surface area contributed by atoms with Gasteiger partial charge >= 0.3 is 0 Å². The molecule has 0 unspecified atom stereocenters. The summed E-state index contributed by atoms with van der Waals surface area (Å²) in [5.41, 5.74) is 0. The van der Waals surface area contributed by atoms with Gasteiger partial charge in [-0.15, -0.1) is 0 Å². The van der Waals surface area contributed by atoms with E-state index in [0.717, 1.165) is 51.4 Å². The lowest BCUT2D eigenvalue weighted by Crippen LogP contribution is -2.43. The van der Waals surface area contributed by atoms with Crippen LogP contribution >= 0.6 is 0 Å². The van der Waals surface area contributed by atoms with Crippen molar-refractivity contribution >= 4 is 19.9 Å². The first-order valence-electron chi connectivity index (χ1n) is 10.8. The van der Waals surface area contributed by atoms with E-state index in [-0.39, 0.29) is 23.6 Å². The van der Waals surface area contributed by atoms with Crippen molar-refractivity contribution in [2.45, 2.75) is 79.8 Å². The molecule has 1 aromatic carbocycles. The number of hydrogen-bond acceptors (Lipinski definition) is 6. The lowest BCUT2D eigenvalue weighted by Gasteiger charge is -2.35. The van der Waals surface area contributed by atoms with Gasteiger partial charge in [-0.25, -0.2) is 21.1 Å². The predicted molar refractivity (Wildman–Crippen MR) is 114 cm³/mol. The Morgan fingerprint density at radius 1 is 0.767 bits per heavy atom. The van der Waals surface area contributed by atoms with Gasteiger partial charge in [-0.3, -0.25) is 0 Å². The van der Waals surface area contributed by atoms with E-state index in [1.165, 1.54) is 6.26 Å². The molecule has 2 saturated carbocycles. The van der Waals surface area contributed by atoms with Gasteiger partial charge in [-0.1, -0.05) is 0 Å². The maximum Gasteiger partial charge on any atom is 0.216 e. The fraction of sp³-hybridized carbons (Fsp3) is 0.714. The summed E-state index contributed by atoms with van der Waals surface area (Å²) in [6.45, 7) is 1.15. The second-order valence-electron chi connectivity index (χ2n) is 8.74. The number of rotatable bonds is 7. The average Bonchev–Trinajstić information content (AvgIpc) is 3.56. The van der Waals surface area contributed by atoms with Crippen LogP contribution in [0.3, 0.4) is 0 Å². The second-order valence-corrected chi connectivity index (χ2v) is 13.0. The molecule has 0 spiro atoms. The molecule has 0 atom stereocenters. The molecule has 3 fully saturated rings. The summed E-state index contributed by atoms with van der Waals surface area (Å²) in [6, 6.07) is 6.58. The van der Waals surface area contributed by atoms with Crippen molar-refractivity contribution in [2.24, 2.45) is 0 Å². The van der Waals surface area contributed by atoms with Crippen molar-refractivity contribution in [2.75, 3.05) is 19.3 Å². The van der Waals surface area contributed by atoms with Crippen LogP contribution in [0.4, 0.5) is 0 Å². The molecule has 0 bridgehead atoms. The lowest BCUT2D eigenvalue weighted by molar-refractivity contribution is -0.0603. The summed E-state index contributed by atoms with van der Waals surface area (Å²) in [7, 11) is -6.26. The molecule has 9 heteroatoms. The molecule has 30 heavy (non-hydrogen) atoms. The summed E-state index contributed by atoms with van der Waals surface area (Å²) in [5.74, 6) is 0.691. The molecular formula is C21H31NO6S2. The smallest absolute Gasteiger partial charge is 0.216 e. The zero-order valence-electron chi connectivity index (χ0n) is 17.4. The first-order chi connectivity index (χ1) is 14.2. The van der Waals surface area contributed by atoms with Crippen molar-refractivity contribution in [3.63, 3.8) is 0 Å². The van der Waals surface area contributed by atoms with Crippen LogP contribution in [0.2, 0.25) is 0 Å². The van der Waals surface area contributed by atoms with Crippen LogP contribution < -0.4 is 4.74 Å². The molecule has 0 N–H and O–H groups in total. The Hall–Kier alpha value is -1.16. The van der Waals surface area contributed by atoms with E-state index >= 15 is 0 Å². The number of sulfone groups is 1. The van der Waals surface area contributed by atoms with Crippen LogP contribution in [-0.4, -0.2) is 64.0 Å². The minimum atomic E-state index is -3.20. The molecule has 1 aromatic rings. The normalized spacial score (nSPS) is 27.1. The minimum Gasteiger partial charge on any atom is -0.490 e. The zero-order chi connectivity index (χ0) is 21.4. The van der Waals surface area contributed by atoms with Gasteiger partial charge < -0.3 is 9.47 Å². The van der Waals surface area contributed by atoms with Gasteiger partial charge in [-0.2, -0.15) is 0 Å². The Morgan fingerprint density at radius 3 is 1.83 bits per heavy atom. The first-order valence-corrected chi connectivity index (χ1v) is 14.2. The van der Waals surface area contributed by atoms with Gasteiger partial charge in [0.15, 0.2) is 9.84 Å². The maximum absolute atomic E-state index is 12.3. The molecule has 0 radical (unpaired) electrons. The average molecular weight is 458 g/mol. The van der Waals surface area contributed by atoms with Crippen LogP contribution in [0.25, 0.3) is 0 Å². The highest BCUT2D eigenvalue weighted by Crippen LogP contribution is 2.33. The van der Waals surface area contributed by atoms with Gasteiger partial charge in [0.2, 0.25) is 10.0 Å². The number of nitrogens with zero attached hydrogens (tertiary/aromatic N) is 1. The largest absolute Gasteiger partial charge is 0.490 e. The third-order valence-corrected chi connectivity index (χ3v) is 9.79. The molecule has 1 saturated heterocycles. The van der Waals surface area contributed by atoms with E-state index < -0.39 is 19.9 Å². The van der Waals surface area contributed by atoms with E-state index in [1.807, 2.05) is 0 Å². The Kier molecular flexibility index (Phi) is 6.44. The molecule has 2 aliphatic carbocycles. The summed E-state index contributed by atoms with van der Waals surface area (Å²) in [4.78, 5) is 0.294. The summed E-state index contributed by atoms with van der Waals surface area (Å²) < 4.78 is 61.7. The van der Waals surface area contributed by atoms with E-state index in [2.05, 4.69) is 0 Å². The molecule has 1 heterocycles. The second kappa shape index (κ2) is 8.76. The van der Waals surface area contributed by atoms with E-state index in [4.69, 9.17) is 9.47 Å².